The number of carboxylic acids is 1. The number of ether oxygens (including phenoxy) is 1. The lowest BCUT2D eigenvalue weighted by Crippen LogP contribution is -2.24. The molecular weight excluding hydrogens is 328 g/mol. The van der Waals surface area contributed by atoms with Gasteiger partial charge in [-0.1, -0.05) is 26.2 Å². The van der Waals surface area contributed by atoms with E-state index in [9.17, 15) is 15.0 Å². The van der Waals surface area contributed by atoms with Crippen molar-refractivity contribution in [3.05, 3.63) is 0 Å². The van der Waals surface area contributed by atoms with Gasteiger partial charge in [0.2, 0.25) is 0 Å². The predicted molar refractivity (Wildman–Crippen MR) is 94.3 cm³/mol. The van der Waals surface area contributed by atoms with E-state index in [4.69, 9.17) is 20.1 Å². The summed E-state index contributed by atoms with van der Waals surface area (Å²) in [5.74, 6) is -0.604. The van der Waals surface area contributed by atoms with Crippen LogP contribution in [0, 0.1) is 5.92 Å². The third kappa shape index (κ3) is 14.2. The van der Waals surface area contributed by atoms with Crippen LogP contribution in [0.15, 0.2) is 0 Å². The van der Waals surface area contributed by atoms with Crippen LogP contribution >= 0.6 is 0 Å². The van der Waals surface area contributed by atoms with Crippen LogP contribution in [0.5, 0.6) is 0 Å². The number of carboxylic acid groups (broad SMARTS) is 1. The summed E-state index contributed by atoms with van der Waals surface area (Å²) in [7, 11) is 0. The molecule has 25 heavy (non-hydrogen) atoms. The van der Waals surface area contributed by atoms with Crippen molar-refractivity contribution in [1.29, 1.82) is 0 Å². The zero-order valence-electron chi connectivity index (χ0n) is 15.3. The molecule has 7 nitrogen and oxygen atoms in total. The molecule has 0 radical (unpaired) electrons. The molecule has 0 saturated carbocycles. The second-order valence-electron chi connectivity index (χ2n) is 6.71. The molecule has 0 rings (SSSR count). The largest absolute Gasteiger partial charge is 0.481 e. The van der Waals surface area contributed by atoms with Gasteiger partial charge in [-0.15, -0.1) is 0 Å². The van der Waals surface area contributed by atoms with Gasteiger partial charge in [-0.25, -0.2) is 0 Å². The number of carbonyl (C=O) groups is 1. The van der Waals surface area contributed by atoms with E-state index in [-0.39, 0.29) is 38.3 Å². The van der Waals surface area contributed by atoms with E-state index in [1.165, 1.54) is 0 Å². The molecule has 0 aromatic carbocycles. The SMILES string of the molecule is CCC(CCCCC(CCCC(=O)O)CC(O)CO)OCC(O)CO. The Kier molecular flexibility index (Phi) is 15.1. The fourth-order valence-electron chi connectivity index (χ4n) is 2.89. The first-order chi connectivity index (χ1) is 11.9. The third-order valence-electron chi connectivity index (χ3n) is 4.40. The van der Waals surface area contributed by atoms with Crippen LogP contribution < -0.4 is 0 Å². The van der Waals surface area contributed by atoms with Crippen molar-refractivity contribution >= 4 is 5.97 Å². The Morgan fingerprint density at radius 1 is 0.960 bits per heavy atom. The van der Waals surface area contributed by atoms with Crippen LogP contribution in [0.2, 0.25) is 0 Å². The second kappa shape index (κ2) is 15.5. The van der Waals surface area contributed by atoms with Crippen LogP contribution in [-0.4, -0.2) is 69.6 Å². The lowest BCUT2D eigenvalue weighted by Gasteiger charge is -2.21. The maximum atomic E-state index is 10.6. The van der Waals surface area contributed by atoms with Gasteiger partial charge >= 0.3 is 5.97 Å². The molecule has 5 N–H and O–H groups in total. The first-order valence-corrected chi connectivity index (χ1v) is 9.34. The Labute approximate surface area is 150 Å². The molecular formula is C18H36O7. The standard InChI is InChI=1S/C18H36O7/c1-2-17(25-13-16(22)12-20)8-4-3-6-14(10-15(21)11-19)7-5-9-18(23)24/h14-17,19-22H,2-13H2,1H3,(H,23,24). The summed E-state index contributed by atoms with van der Waals surface area (Å²) in [6, 6.07) is 0. The fourth-order valence-corrected chi connectivity index (χ4v) is 2.89. The number of aliphatic hydroxyl groups is 4. The van der Waals surface area contributed by atoms with Crippen LogP contribution in [-0.2, 0) is 9.53 Å². The van der Waals surface area contributed by atoms with E-state index in [2.05, 4.69) is 0 Å². The Morgan fingerprint density at radius 3 is 2.12 bits per heavy atom. The van der Waals surface area contributed by atoms with Gasteiger partial charge in [0.15, 0.2) is 0 Å². The van der Waals surface area contributed by atoms with Crippen molar-refractivity contribution in [2.24, 2.45) is 5.92 Å². The van der Waals surface area contributed by atoms with Crippen molar-refractivity contribution in [3.63, 3.8) is 0 Å². The molecule has 4 atom stereocenters. The summed E-state index contributed by atoms with van der Waals surface area (Å²) in [5.41, 5.74) is 0. The molecule has 7 heteroatoms. The molecule has 0 aliphatic heterocycles. The normalized spacial score (nSPS) is 16.4. The summed E-state index contributed by atoms with van der Waals surface area (Å²) in [5, 5.41) is 45.5. The van der Waals surface area contributed by atoms with E-state index in [0.717, 1.165) is 38.5 Å². The number of hydrogen-bond acceptors (Lipinski definition) is 6. The minimum Gasteiger partial charge on any atom is -0.481 e. The zero-order valence-corrected chi connectivity index (χ0v) is 15.3. The summed E-state index contributed by atoms with van der Waals surface area (Å²) >= 11 is 0. The minimum absolute atomic E-state index is 0.0506. The summed E-state index contributed by atoms with van der Waals surface area (Å²) in [6.07, 6.45) is 4.87. The van der Waals surface area contributed by atoms with Gasteiger partial charge in [-0.2, -0.15) is 0 Å². The van der Waals surface area contributed by atoms with Crippen LogP contribution in [0.4, 0.5) is 0 Å². The molecule has 0 aromatic rings. The Balaban J connectivity index is 4.09. The van der Waals surface area contributed by atoms with Crippen molar-refractivity contribution in [2.75, 3.05) is 19.8 Å². The average molecular weight is 364 g/mol. The maximum Gasteiger partial charge on any atom is 0.303 e. The molecule has 0 fully saturated rings. The summed E-state index contributed by atoms with van der Waals surface area (Å²) in [4.78, 5) is 10.6. The van der Waals surface area contributed by atoms with Gasteiger partial charge in [0, 0.05) is 6.42 Å². The Hall–Kier alpha value is -0.730. The Morgan fingerprint density at radius 2 is 1.56 bits per heavy atom. The molecule has 0 amide bonds. The molecule has 0 heterocycles. The molecule has 0 aliphatic rings. The predicted octanol–water partition coefficient (Wildman–Crippen LogP) is 1.31. The highest BCUT2D eigenvalue weighted by Gasteiger charge is 2.15. The van der Waals surface area contributed by atoms with Crippen molar-refractivity contribution < 1.29 is 35.1 Å². The average Bonchev–Trinajstić information content (AvgIpc) is 2.59. The first kappa shape index (κ1) is 24.3. The first-order valence-electron chi connectivity index (χ1n) is 9.34. The van der Waals surface area contributed by atoms with Crippen molar-refractivity contribution in [3.8, 4) is 0 Å². The van der Waals surface area contributed by atoms with Gasteiger partial charge < -0.3 is 30.3 Å². The third-order valence-corrected chi connectivity index (χ3v) is 4.40. The van der Waals surface area contributed by atoms with Gasteiger partial charge in [-0.3, -0.25) is 4.79 Å². The number of aliphatic carboxylic acids is 1. The van der Waals surface area contributed by atoms with Gasteiger partial charge in [-0.05, 0) is 38.0 Å². The van der Waals surface area contributed by atoms with E-state index in [1.54, 1.807) is 0 Å². The highest BCUT2D eigenvalue weighted by molar-refractivity contribution is 5.66. The number of rotatable bonds is 17. The highest BCUT2D eigenvalue weighted by atomic mass is 16.5. The fraction of sp³-hybridized carbons (Fsp3) is 0.944. The molecule has 0 aliphatic carbocycles. The molecule has 0 bridgehead atoms. The quantitative estimate of drug-likeness (QED) is 0.246. The molecule has 150 valence electrons. The summed E-state index contributed by atoms with van der Waals surface area (Å²) in [6.45, 7) is 1.58. The lowest BCUT2D eigenvalue weighted by atomic mass is 9.90. The second-order valence-corrected chi connectivity index (χ2v) is 6.71. The van der Waals surface area contributed by atoms with Crippen LogP contribution in [0.3, 0.4) is 0 Å². The molecule has 0 aromatic heterocycles. The van der Waals surface area contributed by atoms with E-state index >= 15 is 0 Å². The minimum atomic E-state index is -0.840. The van der Waals surface area contributed by atoms with E-state index in [1.807, 2.05) is 6.92 Å². The monoisotopic (exact) mass is 364 g/mol. The number of aliphatic hydroxyl groups excluding tert-OH is 4. The Bertz CT molecular complexity index is 325. The number of unbranched alkanes of at least 4 members (excludes halogenated alkanes) is 1. The zero-order chi connectivity index (χ0) is 19.1. The van der Waals surface area contributed by atoms with Crippen molar-refractivity contribution in [2.45, 2.75) is 83.0 Å². The summed E-state index contributed by atoms with van der Waals surface area (Å²) < 4.78 is 5.58. The smallest absolute Gasteiger partial charge is 0.303 e. The van der Waals surface area contributed by atoms with Gasteiger partial charge in [0.25, 0.3) is 0 Å². The molecule has 0 saturated heterocycles. The van der Waals surface area contributed by atoms with E-state index < -0.39 is 18.2 Å². The molecule has 4 unspecified atom stereocenters. The number of hydrogen-bond donors (Lipinski definition) is 5. The van der Waals surface area contributed by atoms with Gasteiger partial charge in [0.1, 0.15) is 6.10 Å². The van der Waals surface area contributed by atoms with E-state index in [0.29, 0.717) is 12.8 Å². The van der Waals surface area contributed by atoms with Crippen LogP contribution in [0.25, 0.3) is 0 Å². The van der Waals surface area contributed by atoms with Gasteiger partial charge in [0.05, 0.1) is 32.0 Å². The topological polar surface area (TPSA) is 127 Å². The van der Waals surface area contributed by atoms with Crippen LogP contribution in [0.1, 0.15) is 64.7 Å². The molecule has 0 spiro atoms. The van der Waals surface area contributed by atoms with Crippen molar-refractivity contribution in [1.82, 2.24) is 0 Å². The maximum absolute atomic E-state index is 10.6. The highest BCUT2D eigenvalue weighted by Crippen LogP contribution is 2.23. The lowest BCUT2D eigenvalue weighted by molar-refractivity contribution is -0.137.